The molecule has 1 unspecified atom stereocenters. The summed E-state index contributed by atoms with van der Waals surface area (Å²) in [6.45, 7) is 4.38. The quantitative estimate of drug-likeness (QED) is 0.723. The van der Waals surface area contributed by atoms with E-state index in [1.807, 2.05) is 23.9 Å². The number of nitrogens with zero attached hydrogens (tertiary/aromatic N) is 3. The van der Waals surface area contributed by atoms with Crippen LogP contribution in [0.5, 0.6) is 0 Å². The fourth-order valence-corrected chi connectivity index (χ4v) is 2.71. The average molecular weight is 219 g/mol. The van der Waals surface area contributed by atoms with Crippen LogP contribution in [0.1, 0.15) is 12.6 Å². The van der Waals surface area contributed by atoms with E-state index in [0.717, 1.165) is 18.8 Å². The molecule has 1 aliphatic heterocycles. The third-order valence-corrected chi connectivity index (χ3v) is 3.61. The zero-order valence-corrected chi connectivity index (χ0v) is 9.50. The zero-order chi connectivity index (χ0) is 10.7. The Morgan fingerprint density at radius 1 is 1.60 bits per heavy atom. The number of rotatable bonds is 1. The predicted molar refractivity (Wildman–Crippen MR) is 63.1 cm³/mol. The SMILES string of the molecule is CC1CN(c2ccc(C#N)nc2)CCS1. The van der Waals surface area contributed by atoms with Gasteiger partial charge in [0.1, 0.15) is 11.8 Å². The van der Waals surface area contributed by atoms with Crippen LogP contribution in [0.15, 0.2) is 18.3 Å². The van der Waals surface area contributed by atoms with Gasteiger partial charge in [0.2, 0.25) is 0 Å². The van der Waals surface area contributed by atoms with Crippen molar-refractivity contribution >= 4 is 17.4 Å². The Labute approximate surface area is 94.1 Å². The summed E-state index contributed by atoms with van der Waals surface area (Å²) in [6.07, 6.45) is 1.79. The molecule has 15 heavy (non-hydrogen) atoms. The summed E-state index contributed by atoms with van der Waals surface area (Å²) in [6, 6.07) is 5.79. The van der Waals surface area contributed by atoms with Gasteiger partial charge >= 0.3 is 0 Å². The normalized spacial score (nSPS) is 21.1. The van der Waals surface area contributed by atoms with Crippen molar-refractivity contribution in [1.82, 2.24) is 4.98 Å². The minimum Gasteiger partial charge on any atom is -0.368 e. The van der Waals surface area contributed by atoms with Crippen molar-refractivity contribution < 1.29 is 0 Å². The number of aromatic nitrogens is 1. The summed E-state index contributed by atoms with van der Waals surface area (Å²) in [5.41, 5.74) is 1.61. The molecular formula is C11H13N3S. The lowest BCUT2D eigenvalue weighted by atomic mass is 10.3. The largest absolute Gasteiger partial charge is 0.368 e. The van der Waals surface area contributed by atoms with Crippen LogP contribution in [0.3, 0.4) is 0 Å². The Morgan fingerprint density at radius 3 is 3.07 bits per heavy atom. The number of hydrogen-bond acceptors (Lipinski definition) is 4. The fourth-order valence-electron chi connectivity index (χ4n) is 1.69. The summed E-state index contributed by atoms with van der Waals surface area (Å²) in [5, 5.41) is 9.33. The van der Waals surface area contributed by atoms with Crippen molar-refractivity contribution in [3.8, 4) is 6.07 Å². The maximum Gasteiger partial charge on any atom is 0.140 e. The molecule has 0 N–H and O–H groups in total. The number of nitriles is 1. The average Bonchev–Trinajstić information content (AvgIpc) is 2.29. The number of hydrogen-bond donors (Lipinski definition) is 0. The summed E-state index contributed by atoms with van der Waals surface area (Å²) >= 11 is 2.01. The van der Waals surface area contributed by atoms with Crippen LogP contribution in [0.2, 0.25) is 0 Å². The Morgan fingerprint density at radius 2 is 2.47 bits per heavy atom. The molecule has 4 heteroatoms. The Balaban J connectivity index is 2.12. The van der Waals surface area contributed by atoms with Crippen LogP contribution in [-0.2, 0) is 0 Å². The lowest BCUT2D eigenvalue weighted by Gasteiger charge is -2.32. The molecule has 2 heterocycles. The van der Waals surface area contributed by atoms with Crippen molar-refractivity contribution in [3.05, 3.63) is 24.0 Å². The Kier molecular flexibility index (Phi) is 3.12. The van der Waals surface area contributed by atoms with Crippen molar-refractivity contribution in [2.75, 3.05) is 23.7 Å². The summed E-state index contributed by atoms with van der Waals surface area (Å²) in [5.74, 6) is 1.17. The lowest BCUT2D eigenvalue weighted by molar-refractivity contribution is 0.781. The van der Waals surface area contributed by atoms with Gasteiger partial charge in [-0.2, -0.15) is 17.0 Å². The topological polar surface area (TPSA) is 39.9 Å². The molecule has 1 atom stereocenters. The molecule has 1 fully saturated rings. The lowest BCUT2D eigenvalue weighted by Crippen LogP contribution is -2.36. The van der Waals surface area contributed by atoms with E-state index in [-0.39, 0.29) is 0 Å². The van der Waals surface area contributed by atoms with Gasteiger partial charge in [-0.3, -0.25) is 0 Å². The van der Waals surface area contributed by atoms with Gasteiger partial charge in [0.25, 0.3) is 0 Å². The fraction of sp³-hybridized carbons (Fsp3) is 0.455. The van der Waals surface area contributed by atoms with Gasteiger partial charge in [0.05, 0.1) is 11.9 Å². The molecule has 0 bridgehead atoms. The van der Waals surface area contributed by atoms with Crippen LogP contribution < -0.4 is 4.90 Å². The first-order valence-electron chi connectivity index (χ1n) is 5.02. The van der Waals surface area contributed by atoms with Crippen molar-refractivity contribution in [2.45, 2.75) is 12.2 Å². The van der Waals surface area contributed by atoms with Gasteiger partial charge in [0, 0.05) is 24.1 Å². The molecule has 78 valence electrons. The van der Waals surface area contributed by atoms with Gasteiger partial charge in [-0.25, -0.2) is 4.98 Å². The molecule has 2 rings (SSSR count). The van der Waals surface area contributed by atoms with Crippen LogP contribution in [0, 0.1) is 11.3 Å². The molecule has 1 aromatic rings. The maximum atomic E-state index is 8.65. The van der Waals surface area contributed by atoms with Gasteiger partial charge in [-0.05, 0) is 12.1 Å². The van der Waals surface area contributed by atoms with Gasteiger partial charge < -0.3 is 4.90 Å². The first-order valence-corrected chi connectivity index (χ1v) is 6.07. The Bertz CT molecular complexity index is 368. The van der Waals surface area contributed by atoms with E-state index >= 15 is 0 Å². The first-order chi connectivity index (χ1) is 7.29. The molecule has 0 spiro atoms. The highest BCUT2D eigenvalue weighted by Gasteiger charge is 2.16. The maximum absolute atomic E-state index is 8.65. The molecule has 0 radical (unpaired) electrons. The van der Waals surface area contributed by atoms with Crippen molar-refractivity contribution in [1.29, 1.82) is 5.26 Å². The minimum atomic E-state index is 0.484. The number of pyridine rings is 1. The van der Waals surface area contributed by atoms with Crippen LogP contribution >= 0.6 is 11.8 Å². The second kappa shape index (κ2) is 4.54. The molecular weight excluding hydrogens is 206 g/mol. The molecule has 0 saturated carbocycles. The van der Waals surface area contributed by atoms with Crippen LogP contribution in [0.25, 0.3) is 0 Å². The van der Waals surface area contributed by atoms with Crippen LogP contribution in [0.4, 0.5) is 5.69 Å². The van der Waals surface area contributed by atoms with E-state index in [1.54, 1.807) is 12.3 Å². The van der Waals surface area contributed by atoms with Gasteiger partial charge in [0.15, 0.2) is 0 Å². The standard InChI is InChI=1S/C11H13N3S/c1-9-8-14(4-5-15-9)11-3-2-10(6-12)13-7-11/h2-3,7,9H,4-5,8H2,1H3. The van der Waals surface area contributed by atoms with E-state index in [2.05, 4.69) is 16.8 Å². The van der Waals surface area contributed by atoms with E-state index in [1.165, 1.54) is 5.75 Å². The minimum absolute atomic E-state index is 0.484. The van der Waals surface area contributed by atoms with Crippen molar-refractivity contribution in [2.24, 2.45) is 0 Å². The van der Waals surface area contributed by atoms with Gasteiger partial charge in [-0.15, -0.1) is 0 Å². The van der Waals surface area contributed by atoms with E-state index in [0.29, 0.717) is 10.9 Å². The van der Waals surface area contributed by atoms with Crippen LogP contribution in [-0.4, -0.2) is 29.1 Å². The van der Waals surface area contributed by atoms with E-state index < -0.39 is 0 Å². The second-order valence-corrected chi connectivity index (χ2v) is 5.19. The Hall–Kier alpha value is -1.21. The highest BCUT2D eigenvalue weighted by molar-refractivity contribution is 8.00. The summed E-state index contributed by atoms with van der Waals surface area (Å²) in [7, 11) is 0. The third kappa shape index (κ3) is 2.42. The number of thioether (sulfide) groups is 1. The highest BCUT2D eigenvalue weighted by atomic mass is 32.2. The molecule has 0 aromatic carbocycles. The van der Waals surface area contributed by atoms with E-state index in [9.17, 15) is 0 Å². The predicted octanol–water partition coefficient (Wildman–Crippen LogP) is 1.89. The highest BCUT2D eigenvalue weighted by Crippen LogP contribution is 2.22. The number of anilines is 1. The summed E-state index contributed by atoms with van der Waals surface area (Å²) in [4.78, 5) is 6.42. The third-order valence-electron chi connectivity index (χ3n) is 2.47. The van der Waals surface area contributed by atoms with Gasteiger partial charge in [-0.1, -0.05) is 6.92 Å². The monoisotopic (exact) mass is 219 g/mol. The zero-order valence-electron chi connectivity index (χ0n) is 8.68. The molecule has 1 saturated heterocycles. The summed E-state index contributed by atoms with van der Waals surface area (Å²) < 4.78 is 0. The molecule has 1 aromatic heterocycles. The first kappa shape index (κ1) is 10.3. The molecule has 1 aliphatic rings. The smallest absolute Gasteiger partial charge is 0.140 e. The molecule has 3 nitrogen and oxygen atoms in total. The molecule has 0 aliphatic carbocycles. The second-order valence-electron chi connectivity index (χ2n) is 3.64. The molecule has 0 amide bonds. The van der Waals surface area contributed by atoms with E-state index in [4.69, 9.17) is 5.26 Å². The van der Waals surface area contributed by atoms with Crippen molar-refractivity contribution in [3.63, 3.8) is 0 Å².